The van der Waals surface area contributed by atoms with Crippen LogP contribution in [0.25, 0.3) is 0 Å². The highest BCUT2D eigenvalue weighted by Crippen LogP contribution is 2.25. The first-order valence-corrected chi connectivity index (χ1v) is 7.90. The Morgan fingerprint density at radius 2 is 1.48 bits per heavy atom. The second-order valence-corrected chi connectivity index (χ2v) is 6.60. The number of aryl methyl sites for hydroxylation is 1. The summed E-state index contributed by atoms with van der Waals surface area (Å²) in [5.74, 6) is 0.258. The number of carbonyl (C=O) groups excluding carboxylic acids is 2. The summed E-state index contributed by atoms with van der Waals surface area (Å²) in [7, 11) is 1.34. The van der Waals surface area contributed by atoms with Crippen molar-refractivity contribution in [3.05, 3.63) is 59.2 Å². The smallest absolute Gasteiger partial charge is 0.338 e. The molecular weight excluding hydrogens is 320 g/mol. The first-order valence-electron chi connectivity index (χ1n) is 7.90. The van der Waals surface area contributed by atoms with Crippen LogP contribution in [0, 0.1) is 6.92 Å². The van der Waals surface area contributed by atoms with Crippen LogP contribution < -0.4 is 4.74 Å². The van der Waals surface area contributed by atoms with Crippen molar-refractivity contribution in [1.82, 2.24) is 0 Å². The molecule has 2 aromatic rings. The zero-order valence-corrected chi connectivity index (χ0v) is 15.1. The molecule has 0 aliphatic heterocycles. The predicted molar refractivity (Wildman–Crippen MR) is 94.2 cm³/mol. The van der Waals surface area contributed by atoms with E-state index in [1.165, 1.54) is 7.11 Å². The van der Waals surface area contributed by atoms with Gasteiger partial charge in [0.25, 0.3) is 0 Å². The lowest BCUT2D eigenvalue weighted by molar-refractivity contribution is 0.00693. The van der Waals surface area contributed by atoms with Crippen molar-refractivity contribution in [2.45, 2.75) is 33.3 Å². The maximum Gasteiger partial charge on any atom is 0.338 e. The van der Waals surface area contributed by atoms with E-state index in [9.17, 15) is 9.59 Å². The molecule has 2 rings (SSSR count). The monoisotopic (exact) mass is 342 g/mol. The summed E-state index contributed by atoms with van der Waals surface area (Å²) < 4.78 is 15.8. The van der Waals surface area contributed by atoms with Gasteiger partial charge < -0.3 is 14.2 Å². The van der Waals surface area contributed by atoms with E-state index in [0.29, 0.717) is 22.6 Å². The van der Waals surface area contributed by atoms with Gasteiger partial charge in [0, 0.05) is 0 Å². The molecule has 5 heteroatoms. The van der Waals surface area contributed by atoms with Crippen LogP contribution >= 0.6 is 0 Å². The van der Waals surface area contributed by atoms with Crippen molar-refractivity contribution in [3.8, 4) is 11.5 Å². The Labute approximate surface area is 147 Å². The number of esters is 2. The molecule has 0 amide bonds. The van der Waals surface area contributed by atoms with Gasteiger partial charge in [-0.15, -0.1) is 0 Å². The highest BCUT2D eigenvalue weighted by atomic mass is 16.6. The molecule has 0 fully saturated rings. The molecule has 2 aromatic carbocycles. The molecule has 0 atom stereocenters. The van der Waals surface area contributed by atoms with Crippen molar-refractivity contribution in [3.63, 3.8) is 0 Å². The molecule has 0 radical (unpaired) electrons. The molecule has 0 bridgehead atoms. The zero-order valence-electron chi connectivity index (χ0n) is 15.1. The topological polar surface area (TPSA) is 61.8 Å². The van der Waals surface area contributed by atoms with Gasteiger partial charge >= 0.3 is 11.9 Å². The molecule has 25 heavy (non-hydrogen) atoms. The van der Waals surface area contributed by atoms with Crippen LogP contribution in [0.1, 0.15) is 47.1 Å². The van der Waals surface area contributed by atoms with E-state index in [1.807, 2.05) is 27.7 Å². The maximum absolute atomic E-state index is 12.0. The Hall–Kier alpha value is -2.82. The van der Waals surface area contributed by atoms with E-state index in [0.717, 1.165) is 5.56 Å². The van der Waals surface area contributed by atoms with Gasteiger partial charge in [-0.2, -0.15) is 0 Å². The van der Waals surface area contributed by atoms with Crippen LogP contribution in [-0.2, 0) is 9.47 Å². The second kappa shape index (κ2) is 7.38. The summed E-state index contributed by atoms with van der Waals surface area (Å²) in [5, 5.41) is 0. The number of rotatable bonds is 4. The van der Waals surface area contributed by atoms with E-state index < -0.39 is 11.6 Å². The summed E-state index contributed by atoms with van der Waals surface area (Å²) in [6.45, 7) is 7.28. The Morgan fingerprint density at radius 1 is 0.880 bits per heavy atom. The van der Waals surface area contributed by atoms with Crippen molar-refractivity contribution in [2.24, 2.45) is 0 Å². The molecule has 132 valence electrons. The van der Waals surface area contributed by atoms with Crippen LogP contribution in [0.3, 0.4) is 0 Å². The Kier molecular flexibility index (Phi) is 5.47. The van der Waals surface area contributed by atoms with Crippen LogP contribution in [0.5, 0.6) is 11.5 Å². The summed E-state index contributed by atoms with van der Waals surface area (Å²) in [5.41, 5.74) is 1.16. The third-order valence-corrected chi connectivity index (χ3v) is 3.34. The van der Waals surface area contributed by atoms with Crippen LogP contribution in [0.2, 0.25) is 0 Å². The van der Waals surface area contributed by atoms with Gasteiger partial charge in [-0.25, -0.2) is 9.59 Å². The number of hydrogen-bond donors (Lipinski definition) is 0. The standard InChI is InChI=1S/C20H22O5/c1-13-6-9-16(12-17(13)19(22)23-5)24-15-10-7-14(8-11-15)18(21)25-20(2,3)4/h6-12H,1-5H3. The molecule has 0 saturated carbocycles. The number of carbonyl (C=O) groups is 2. The third-order valence-electron chi connectivity index (χ3n) is 3.34. The normalized spacial score (nSPS) is 10.9. The van der Waals surface area contributed by atoms with Crippen LogP contribution in [-0.4, -0.2) is 24.6 Å². The summed E-state index contributed by atoms with van der Waals surface area (Å²) in [4.78, 5) is 23.7. The third kappa shape index (κ3) is 5.08. The lowest BCUT2D eigenvalue weighted by Gasteiger charge is -2.19. The molecule has 0 spiro atoms. The fraction of sp³-hybridized carbons (Fsp3) is 0.300. The van der Waals surface area contributed by atoms with E-state index in [-0.39, 0.29) is 5.97 Å². The molecule has 0 saturated heterocycles. The summed E-state index contributed by atoms with van der Waals surface area (Å²) in [6, 6.07) is 11.8. The van der Waals surface area contributed by atoms with Crippen molar-refractivity contribution in [1.29, 1.82) is 0 Å². The average molecular weight is 342 g/mol. The first-order chi connectivity index (χ1) is 11.7. The first kappa shape index (κ1) is 18.5. The van der Waals surface area contributed by atoms with E-state index in [1.54, 1.807) is 42.5 Å². The number of methoxy groups -OCH3 is 1. The van der Waals surface area contributed by atoms with Crippen LogP contribution in [0.15, 0.2) is 42.5 Å². The lowest BCUT2D eigenvalue weighted by atomic mass is 10.1. The van der Waals surface area contributed by atoms with E-state index in [4.69, 9.17) is 14.2 Å². The number of ether oxygens (including phenoxy) is 3. The molecule has 0 N–H and O–H groups in total. The van der Waals surface area contributed by atoms with E-state index in [2.05, 4.69) is 0 Å². The molecule has 0 aliphatic carbocycles. The Morgan fingerprint density at radius 3 is 2.04 bits per heavy atom. The van der Waals surface area contributed by atoms with Gasteiger partial charge in [-0.05, 0) is 69.7 Å². The Balaban J connectivity index is 2.14. The number of benzene rings is 2. The molecular formula is C20H22O5. The van der Waals surface area contributed by atoms with Crippen molar-refractivity contribution in [2.75, 3.05) is 7.11 Å². The van der Waals surface area contributed by atoms with Gasteiger partial charge in [0.2, 0.25) is 0 Å². The molecule has 0 heterocycles. The minimum absolute atomic E-state index is 0.387. The Bertz CT molecular complexity index is 770. The number of hydrogen-bond acceptors (Lipinski definition) is 5. The van der Waals surface area contributed by atoms with Gasteiger partial charge in [0.05, 0.1) is 18.2 Å². The SMILES string of the molecule is COC(=O)c1cc(Oc2ccc(C(=O)OC(C)(C)C)cc2)ccc1C. The second-order valence-electron chi connectivity index (χ2n) is 6.60. The molecule has 0 aliphatic rings. The largest absolute Gasteiger partial charge is 0.465 e. The van der Waals surface area contributed by atoms with Gasteiger partial charge in [-0.1, -0.05) is 6.07 Å². The fourth-order valence-electron chi connectivity index (χ4n) is 2.13. The van der Waals surface area contributed by atoms with Crippen molar-refractivity contribution < 1.29 is 23.8 Å². The van der Waals surface area contributed by atoms with Gasteiger partial charge in [0.15, 0.2) is 0 Å². The summed E-state index contributed by atoms with van der Waals surface area (Å²) in [6.07, 6.45) is 0. The quantitative estimate of drug-likeness (QED) is 0.764. The molecule has 0 aromatic heterocycles. The zero-order chi connectivity index (χ0) is 18.6. The average Bonchev–Trinajstić information content (AvgIpc) is 2.55. The maximum atomic E-state index is 12.0. The molecule has 5 nitrogen and oxygen atoms in total. The minimum atomic E-state index is -0.543. The predicted octanol–water partition coefficient (Wildman–Crippen LogP) is 4.53. The minimum Gasteiger partial charge on any atom is -0.465 e. The highest BCUT2D eigenvalue weighted by molar-refractivity contribution is 5.91. The van der Waals surface area contributed by atoms with Crippen molar-refractivity contribution >= 4 is 11.9 Å². The van der Waals surface area contributed by atoms with Gasteiger partial charge in [0.1, 0.15) is 17.1 Å². The molecule has 0 unspecified atom stereocenters. The summed E-state index contributed by atoms with van der Waals surface area (Å²) >= 11 is 0. The lowest BCUT2D eigenvalue weighted by Crippen LogP contribution is -2.23. The van der Waals surface area contributed by atoms with E-state index >= 15 is 0 Å². The fourth-order valence-corrected chi connectivity index (χ4v) is 2.13. The van der Waals surface area contributed by atoms with Gasteiger partial charge in [-0.3, -0.25) is 0 Å². The van der Waals surface area contributed by atoms with Crippen LogP contribution in [0.4, 0.5) is 0 Å². The highest BCUT2D eigenvalue weighted by Gasteiger charge is 2.18.